The van der Waals surface area contributed by atoms with Gasteiger partial charge in [-0.25, -0.2) is 0 Å². The number of rotatable bonds is 3. The molecule has 352 valence electrons. The van der Waals surface area contributed by atoms with E-state index in [1.807, 2.05) is 11.3 Å². The van der Waals surface area contributed by atoms with Crippen LogP contribution in [0.15, 0.2) is 115 Å². The van der Waals surface area contributed by atoms with Crippen molar-refractivity contribution < 1.29 is 0 Å². The van der Waals surface area contributed by atoms with Crippen LogP contribution in [0.2, 0.25) is 0 Å². The number of nitrogens with zero attached hydrogens (tertiary/aromatic N) is 1. The van der Waals surface area contributed by atoms with Crippen LogP contribution in [0.4, 0.5) is 11.4 Å². The van der Waals surface area contributed by atoms with E-state index in [0.717, 1.165) is 18.7 Å². The summed E-state index contributed by atoms with van der Waals surface area (Å²) < 4.78 is 5.54. The Morgan fingerprint density at radius 3 is 1.76 bits per heavy atom. The lowest BCUT2D eigenvalue weighted by Gasteiger charge is -2.29. The molecule has 0 amide bonds. The zero-order chi connectivity index (χ0) is 49.6. The molecule has 9 aromatic rings. The third kappa shape index (κ3) is 6.43. The first-order valence-electron chi connectivity index (χ1n) is 25.8. The van der Waals surface area contributed by atoms with Crippen molar-refractivity contribution in [1.29, 1.82) is 0 Å². The Labute approximate surface area is 421 Å². The summed E-state index contributed by atoms with van der Waals surface area (Å²) in [6.45, 7) is 38.0. The molecule has 0 spiro atoms. The van der Waals surface area contributed by atoms with Gasteiger partial charge < -0.3 is 9.88 Å². The molecule has 0 saturated heterocycles. The second-order valence-electron chi connectivity index (χ2n) is 26.4. The van der Waals surface area contributed by atoms with Gasteiger partial charge in [-0.05, 0) is 153 Å². The van der Waals surface area contributed by atoms with Gasteiger partial charge >= 0.3 is 0 Å². The molecule has 7 aromatic carbocycles. The van der Waals surface area contributed by atoms with Gasteiger partial charge in [-0.1, -0.05) is 178 Å². The second kappa shape index (κ2) is 14.4. The summed E-state index contributed by atoms with van der Waals surface area (Å²) >= 11 is 2.00. The molecule has 3 aliphatic rings. The highest BCUT2D eigenvalue weighted by Crippen LogP contribution is 2.59. The van der Waals surface area contributed by atoms with E-state index >= 15 is 0 Å². The van der Waals surface area contributed by atoms with Crippen molar-refractivity contribution in [3.8, 4) is 39.1 Å². The minimum Gasteiger partial charge on any atom is -0.355 e. The van der Waals surface area contributed by atoms with Gasteiger partial charge in [0.05, 0.1) is 11.2 Å². The van der Waals surface area contributed by atoms with Gasteiger partial charge in [0.1, 0.15) is 0 Å². The minimum absolute atomic E-state index is 0.0108. The second-order valence-corrected chi connectivity index (χ2v) is 27.5. The maximum absolute atomic E-state index is 4.15. The topological polar surface area (TPSA) is 17.0 Å². The van der Waals surface area contributed by atoms with Gasteiger partial charge in [0.15, 0.2) is 0 Å². The number of anilines is 2. The number of aromatic nitrogens is 1. The normalized spacial score (nSPS) is 15.5. The van der Waals surface area contributed by atoms with Crippen molar-refractivity contribution >= 4 is 72.1 Å². The van der Waals surface area contributed by atoms with Crippen molar-refractivity contribution in [2.24, 2.45) is 0 Å². The number of fused-ring (bicyclic) bond motifs is 14. The van der Waals surface area contributed by atoms with Gasteiger partial charge in [-0.15, -0.1) is 11.3 Å². The smallest absolute Gasteiger partial charge is 0.211 e. The first-order valence-corrected chi connectivity index (χ1v) is 26.6. The van der Waals surface area contributed by atoms with Crippen molar-refractivity contribution in [3.05, 3.63) is 160 Å². The molecule has 1 aliphatic heterocycles. The summed E-state index contributed by atoms with van der Waals surface area (Å²) in [5.74, 6) is 0. The van der Waals surface area contributed by atoms with Gasteiger partial charge in [-0.3, -0.25) is 0 Å². The Morgan fingerprint density at radius 1 is 0.500 bits per heavy atom. The van der Waals surface area contributed by atoms with Crippen LogP contribution >= 0.6 is 11.3 Å². The quantitative estimate of drug-likeness (QED) is 0.175. The van der Waals surface area contributed by atoms with Crippen molar-refractivity contribution in [2.75, 3.05) is 5.32 Å². The van der Waals surface area contributed by atoms with Crippen LogP contribution in [-0.4, -0.2) is 11.8 Å². The average molecular weight is 933 g/mol. The minimum atomic E-state index is -0.265. The van der Waals surface area contributed by atoms with Crippen LogP contribution in [0.3, 0.4) is 0 Å². The van der Waals surface area contributed by atoms with Crippen LogP contribution in [0.5, 0.6) is 0 Å². The molecular formula is C66H69BN2S. The van der Waals surface area contributed by atoms with Crippen molar-refractivity contribution in [2.45, 2.75) is 143 Å². The fourth-order valence-corrected chi connectivity index (χ4v) is 13.9. The number of benzene rings is 7. The van der Waals surface area contributed by atoms with Gasteiger partial charge in [0.2, 0.25) is 7.28 Å². The lowest BCUT2D eigenvalue weighted by molar-refractivity contribution is 0.584. The molecule has 0 atom stereocenters. The summed E-state index contributed by atoms with van der Waals surface area (Å²) in [5.41, 5.74) is 26.6. The number of hydrogen-bond donors (Lipinski definition) is 1. The third-order valence-electron chi connectivity index (χ3n) is 16.8. The molecule has 0 saturated carbocycles. The number of nitrogens with one attached hydrogen (secondary N) is 1. The van der Waals surface area contributed by atoms with Crippen molar-refractivity contribution in [1.82, 2.24) is 4.57 Å². The number of thiophene rings is 1. The maximum atomic E-state index is 4.15. The Bertz CT molecular complexity index is 3730. The summed E-state index contributed by atoms with van der Waals surface area (Å²) in [6.07, 6.45) is 0. The van der Waals surface area contributed by atoms with Gasteiger partial charge in [-0.2, -0.15) is 0 Å². The van der Waals surface area contributed by atoms with E-state index in [4.69, 9.17) is 0 Å². The molecule has 0 fully saturated rings. The Morgan fingerprint density at radius 2 is 1.09 bits per heavy atom. The predicted molar refractivity (Wildman–Crippen MR) is 308 cm³/mol. The summed E-state index contributed by atoms with van der Waals surface area (Å²) in [7, 11) is 0.860. The van der Waals surface area contributed by atoms with E-state index in [1.165, 1.54) is 126 Å². The highest BCUT2D eigenvalue weighted by atomic mass is 32.1. The molecule has 0 unspecified atom stereocenters. The molecule has 4 heteroatoms. The largest absolute Gasteiger partial charge is 0.355 e. The highest BCUT2D eigenvalue weighted by molar-refractivity contribution is 7.29. The van der Waals surface area contributed by atoms with Gasteiger partial charge in [0, 0.05) is 54.1 Å². The zero-order valence-corrected chi connectivity index (χ0v) is 45.3. The van der Waals surface area contributed by atoms with E-state index in [0.29, 0.717) is 0 Å². The van der Waals surface area contributed by atoms with Gasteiger partial charge in [0.25, 0.3) is 0 Å². The lowest BCUT2D eigenvalue weighted by Crippen LogP contribution is -2.36. The van der Waals surface area contributed by atoms with E-state index in [1.54, 1.807) is 0 Å². The summed E-state index contributed by atoms with van der Waals surface area (Å²) in [5, 5.41) is 8.30. The average Bonchev–Trinajstić information content (AvgIpc) is 3.95. The molecule has 3 heterocycles. The molecule has 2 aromatic heterocycles. The molecule has 2 aliphatic carbocycles. The summed E-state index contributed by atoms with van der Waals surface area (Å²) in [4.78, 5) is 0. The fourth-order valence-electron chi connectivity index (χ4n) is 12.7. The molecule has 1 N–H and O–H groups in total. The molecular weight excluding hydrogens is 864 g/mol. The van der Waals surface area contributed by atoms with E-state index in [9.17, 15) is 0 Å². The monoisotopic (exact) mass is 933 g/mol. The molecule has 0 bridgehead atoms. The van der Waals surface area contributed by atoms with Crippen LogP contribution < -0.4 is 15.6 Å². The molecule has 2 nitrogen and oxygen atoms in total. The predicted octanol–water partition coefficient (Wildman–Crippen LogP) is 16.9. The lowest BCUT2D eigenvalue weighted by atomic mass is 9.61. The van der Waals surface area contributed by atoms with Crippen molar-refractivity contribution in [3.63, 3.8) is 0 Å². The van der Waals surface area contributed by atoms with E-state index in [2.05, 4.69) is 236 Å². The van der Waals surface area contributed by atoms with E-state index < -0.39 is 0 Å². The molecule has 12 rings (SSSR count). The first-order chi connectivity index (χ1) is 32.7. The fraction of sp³-hybridized carbons (Fsp3) is 0.333. The SMILES string of the molecule is CC(C)(C)c1ccc(Nc2cc3c(cc2-c2c4c(c5c6cc(C(C)(C)C)ccc6n6c5c2Bc2sc5ccc(C(C)(C)C)cc5c2-6)C(C)(C)c2ccccc2-4)C(C)(C)c2cc(C(C)(C)C)ccc2-3)cc1. The van der Waals surface area contributed by atoms with Crippen LogP contribution in [0.25, 0.3) is 71.0 Å². The Balaban J connectivity index is 1.25. The third-order valence-corrected chi connectivity index (χ3v) is 18.0. The Hall–Kier alpha value is -5.84. The highest BCUT2D eigenvalue weighted by Gasteiger charge is 2.45. The van der Waals surface area contributed by atoms with Crippen LogP contribution in [0.1, 0.15) is 155 Å². The maximum Gasteiger partial charge on any atom is 0.211 e. The standard InChI is InChI=1S/C66H69BN2S/c1-61(2,3)36-21-26-40(27-22-36)68-50-35-43-41-28-23-39(64(10,11)12)33-48(41)65(13,14)49(43)34-44(50)54-53-42-19-17-18-20-47(42)66(15,16)56(53)55-45-31-37(62(4,5)6)24-29-51(45)69-58-46-32-38(63(7,8)9)25-30-52(46)70-60(58)67-57(54)59(55)69/h17-35,67-68H,1-16H3. The molecule has 70 heavy (non-hydrogen) atoms. The summed E-state index contributed by atoms with van der Waals surface area (Å²) in [6, 6.07) is 45.7. The van der Waals surface area contributed by atoms with E-state index in [-0.39, 0.29) is 32.5 Å². The number of hydrogen-bond acceptors (Lipinski definition) is 2. The zero-order valence-electron chi connectivity index (χ0n) is 44.5. The van der Waals surface area contributed by atoms with Crippen LogP contribution in [-0.2, 0) is 32.5 Å². The van der Waals surface area contributed by atoms with Crippen LogP contribution in [0, 0.1) is 0 Å². The molecule has 0 radical (unpaired) electrons. The first kappa shape index (κ1) is 45.3. The Kier molecular flexibility index (Phi) is 9.33.